The predicted octanol–water partition coefficient (Wildman–Crippen LogP) is 2.54. The topological polar surface area (TPSA) is 39.7 Å². The van der Waals surface area contributed by atoms with Gasteiger partial charge in [-0.3, -0.25) is 0 Å². The van der Waals surface area contributed by atoms with Crippen LogP contribution in [0, 0.1) is 0 Å². The zero-order valence-corrected chi connectivity index (χ0v) is 11.8. The summed E-state index contributed by atoms with van der Waals surface area (Å²) in [6.07, 6.45) is 2.37. The van der Waals surface area contributed by atoms with Crippen molar-refractivity contribution in [2.24, 2.45) is 0 Å². The second-order valence-corrected chi connectivity index (χ2v) is 4.71. The first kappa shape index (κ1) is 14.2. The van der Waals surface area contributed by atoms with Gasteiger partial charge in [-0.05, 0) is 56.5 Å². The molecule has 1 N–H and O–H groups in total. The Balaban J connectivity index is 2.14. The highest BCUT2D eigenvalue weighted by Crippen LogP contribution is 2.34. The maximum atomic E-state index is 5.67. The quantitative estimate of drug-likeness (QED) is 0.802. The lowest BCUT2D eigenvalue weighted by Gasteiger charge is -2.24. The van der Waals surface area contributed by atoms with Gasteiger partial charge in [-0.25, -0.2) is 0 Å². The summed E-state index contributed by atoms with van der Waals surface area (Å²) in [5, 5.41) is 3.39. The maximum Gasteiger partial charge on any atom is 0.188 e. The minimum absolute atomic E-state index is 0.243. The molecule has 4 nitrogen and oxygen atoms in total. The molecule has 4 heteroatoms. The third kappa shape index (κ3) is 3.85. The van der Waals surface area contributed by atoms with Crippen LogP contribution >= 0.6 is 0 Å². The van der Waals surface area contributed by atoms with Crippen molar-refractivity contribution in [3.63, 3.8) is 0 Å². The lowest BCUT2D eigenvalue weighted by atomic mass is 9.90. The van der Waals surface area contributed by atoms with Gasteiger partial charge in [0.15, 0.2) is 18.3 Å². The standard InChI is InChI=1S/C15H23NO3/c1-3-18-15-10-13(12-6-8-16-9-7-12)4-5-14(15)19-11-17-2/h4-5,10,12,16H,3,6-9,11H2,1-2H3. The molecular weight excluding hydrogens is 242 g/mol. The largest absolute Gasteiger partial charge is 0.490 e. The Labute approximate surface area is 115 Å². The summed E-state index contributed by atoms with van der Waals surface area (Å²) in [5.41, 5.74) is 1.34. The van der Waals surface area contributed by atoms with Crippen LogP contribution in [0.25, 0.3) is 0 Å². The van der Waals surface area contributed by atoms with Gasteiger partial charge >= 0.3 is 0 Å². The van der Waals surface area contributed by atoms with Gasteiger partial charge in [0.25, 0.3) is 0 Å². The fourth-order valence-corrected chi connectivity index (χ4v) is 2.44. The molecule has 1 aromatic rings. The van der Waals surface area contributed by atoms with Crippen molar-refractivity contribution >= 4 is 0 Å². The lowest BCUT2D eigenvalue weighted by molar-refractivity contribution is 0.0487. The smallest absolute Gasteiger partial charge is 0.188 e. The molecule has 1 heterocycles. The van der Waals surface area contributed by atoms with Gasteiger partial charge in [-0.1, -0.05) is 6.07 Å². The van der Waals surface area contributed by atoms with Crippen LogP contribution in [-0.2, 0) is 4.74 Å². The van der Waals surface area contributed by atoms with Crippen LogP contribution in [-0.4, -0.2) is 33.6 Å². The fourth-order valence-electron chi connectivity index (χ4n) is 2.44. The summed E-state index contributed by atoms with van der Waals surface area (Å²) in [6.45, 7) is 5.05. The third-order valence-corrected chi connectivity index (χ3v) is 3.41. The van der Waals surface area contributed by atoms with Gasteiger partial charge in [0.1, 0.15) is 0 Å². The number of ether oxygens (including phenoxy) is 3. The molecule has 0 saturated carbocycles. The average Bonchev–Trinajstić information content (AvgIpc) is 2.47. The van der Waals surface area contributed by atoms with Crippen LogP contribution in [0.3, 0.4) is 0 Å². The number of nitrogens with one attached hydrogen (secondary N) is 1. The van der Waals surface area contributed by atoms with E-state index in [2.05, 4.69) is 17.4 Å². The van der Waals surface area contributed by atoms with Crippen LogP contribution in [0.15, 0.2) is 18.2 Å². The van der Waals surface area contributed by atoms with Crippen LogP contribution < -0.4 is 14.8 Å². The Hall–Kier alpha value is -1.26. The molecule has 0 aromatic heterocycles. The Bertz CT molecular complexity index is 389. The average molecular weight is 265 g/mol. The summed E-state index contributed by atoms with van der Waals surface area (Å²) in [6, 6.07) is 6.25. The minimum atomic E-state index is 0.243. The molecule has 1 saturated heterocycles. The second-order valence-electron chi connectivity index (χ2n) is 4.71. The van der Waals surface area contributed by atoms with Crippen molar-refractivity contribution < 1.29 is 14.2 Å². The first-order chi connectivity index (χ1) is 9.35. The normalized spacial score (nSPS) is 16.3. The predicted molar refractivity (Wildman–Crippen MR) is 75.0 cm³/mol. The first-order valence-corrected chi connectivity index (χ1v) is 6.94. The molecule has 106 valence electrons. The van der Waals surface area contributed by atoms with Gasteiger partial charge < -0.3 is 19.5 Å². The number of piperidine rings is 1. The van der Waals surface area contributed by atoms with Crippen LogP contribution in [0.1, 0.15) is 31.2 Å². The molecular formula is C15H23NO3. The summed E-state index contributed by atoms with van der Waals surface area (Å²) in [5.74, 6) is 2.19. The van der Waals surface area contributed by atoms with E-state index in [1.54, 1.807) is 7.11 Å². The zero-order valence-electron chi connectivity index (χ0n) is 11.8. The third-order valence-electron chi connectivity index (χ3n) is 3.41. The summed E-state index contributed by atoms with van der Waals surface area (Å²) in [7, 11) is 1.61. The van der Waals surface area contributed by atoms with Gasteiger partial charge in [0.05, 0.1) is 6.61 Å². The molecule has 0 atom stereocenters. The van der Waals surface area contributed by atoms with E-state index in [0.29, 0.717) is 12.5 Å². The molecule has 0 unspecified atom stereocenters. The van der Waals surface area contributed by atoms with E-state index < -0.39 is 0 Å². The van der Waals surface area contributed by atoms with Crippen molar-refractivity contribution in [3.8, 4) is 11.5 Å². The zero-order chi connectivity index (χ0) is 13.5. The SMILES string of the molecule is CCOc1cc(C2CCNCC2)ccc1OCOC. The van der Waals surface area contributed by atoms with Gasteiger partial charge in [0, 0.05) is 7.11 Å². The summed E-state index contributed by atoms with van der Waals surface area (Å²) in [4.78, 5) is 0. The number of hydrogen-bond donors (Lipinski definition) is 1. The number of hydrogen-bond acceptors (Lipinski definition) is 4. The summed E-state index contributed by atoms with van der Waals surface area (Å²) < 4.78 is 16.1. The molecule has 19 heavy (non-hydrogen) atoms. The minimum Gasteiger partial charge on any atom is -0.490 e. The monoisotopic (exact) mass is 265 g/mol. The van der Waals surface area contributed by atoms with Crippen molar-refractivity contribution in [2.45, 2.75) is 25.7 Å². The van der Waals surface area contributed by atoms with Gasteiger partial charge in [0.2, 0.25) is 0 Å². The Morgan fingerprint density at radius 2 is 1.95 bits per heavy atom. The van der Waals surface area contributed by atoms with E-state index in [-0.39, 0.29) is 6.79 Å². The fraction of sp³-hybridized carbons (Fsp3) is 0.600. The molecule has 1 aliphatic heterocycles. The van der Waals surface area contributed by atoms with E-state index in [9.17, 15) is 0 Å². The lowest BCUT2D eigenvalue weighted by Crippen LogP contribution is -2.26. The summed E-state index contributed by atoms with van der Waals surface area (Å²) >= 11 is 0. The highest BCUT2D eigenvalue weighted by molar-refractivity contribution is 5.44. The van der Waals surface area contributed by atoms with E-state index in [1.165, 1.54) is 18.4 Å². The van der Waals surface area contributed by atoms with Crippen molar-refractivity contribution in [2.75, 3.05) is 33.6 Å². The highest BCUT2D eigenvalue weighted by Gasteiger charge is 2.17. The molecule has 0 aliphatic carbocycles. The Morgan fingerprint density at radius 1 is 1.16 bits per heavy atom. The second kappa shape index (κ2) is 7.36. The van der Waals surface area contributed by atoms with Crippen LogP contribution in [0.4, 0.5) is 0 Å². The van der Waals surface area contributed by atoms with E-state index in [1.807, 2.05) is 13.0 Å². The molecule has 1 fully saturated rings. The molecule has 1 aliphatic rings. The molecule has 2 rings (SSSR count). The van der Waals surface area contributed by atoms with Crippen molar-refractivity contribution in [1.82, 2.24) is 5.32 Å². The molecule has 0 spiro atoms. The van der Waals surface area contributed by atoms with E-state index >= 15 is 0 Å². The molecule has 0 radical (unpaired) electrons. The molecule has 0 bridgehead atoms. The van der Waals surface area contributed by atoms with Crippen molar-refractivity contribution in [3.05, 3.63) is 23.8 Å². The maximum absolute atomic E-state index is 5.67. The Morgan fingerprint density at radius 3 is 2.63 bits per heavy atom. The van der Waals surface area contributed by atoms with Crippen molar-refractivity contribution in [1.29, 1.82) is 0 Å². The first-order valence-electron chi connectivity index (χ1n) is 6.94. The van der Waals surface area contributed by atoms with E-state index in [4.69, 9.17) is 14.2 Å². The van der Waals surface area contributed by atoms with Gasteiger partial charge in [-0.2, -0.15) is 0 Å². The van der Waals surface area contributed by atoms with E-state index in [0.717, 1.165) is 24.6 Å². The number of benzene rings is 1. The van der Waals surface area contributed by atoms with Gasteiger partial charge in [-0.15, -0.1) is 0 Å². The molecule has 1 aromatic carbocycles. The van der Waals surface area contributed by atoms with Crippen LogP contribution in [0.2, 0.25) is 0 Å². The Kier molecular flexibility index (Phi) is 5.48. The van der Waals surface area contributed by atoms with Crippen LogP contribution in [0.5, 0.6) is 11.5 Å². The number of methoxy groups -OCH3 is 1. The molecule has 0 amide bonds. The number of rotatable bonds is 6. The highest BCUT2D eigenvalue weighted by atomic mass is 16.7.